The predicted octanol–water partition coefficient (Wildman–Crippen LogP) is 1.59. The van der Waals surface area contributed by atoms with Gasteiger partial charge in [-0.3, -0.25) is 0 Å². The number of sulfonamides is 1. The highest BCUT2D eigenvalue weighted by atomic mass is 32.2. The van der Waals surface area contributed by atoms with Gasteiger partial charge in [0.05, 0.1) is 12.0 Å². The van der Waals surface area contributed by atoms with E-state index in [9.17, 15) is 8.42 Å². The molecule has 0 fully saturated rings. The molecule has 0 amide bonds. The lowest BCUT2D eigenvalue weighted by Crippen LogP contribution is -2.32. The van der Waals surface area contributed by atoms with E-state index in [1.165, 1.54) is 0 Å². The lowest BCUT2D eigenvalue weighted by Gasteiger charge is -2.12. The standard InChI is InChI=1S/C14H24N2O3S/c1-5-6-15-7-8-16-20(17,18)13-9-11(2)14(19-4)12(3)10-13/h9-10,15-16H,5-8H2,1-4H3. The lowest BCUT2D eigenvalue weighted by molar-refractivity contribution is 0.408. The molecule has 1 aromatic carbocycles. The number of methoxy groups -OCH3 is 1. The summed E-state index contributed by atoms with van der Waals surface area (Å²) in [6.07, 6.45) is 1.03. The Morgan fingerprint density at radius 1 is 1.10 bits per heavy atom. The van der Waals surface area contributed by atoms with Crippen LogP contribution in [0.3, 0.4) is 0 Å². The van der Waals surface area contributed by atoms with E-state index in [0.29, 0.717) is 13.1 Å². The third kappa shape index (κ3) is 4.47. The SMILES string of the molecule is CCCNCCNS(=O)(=O)c1cc(C)c(OC)c(C)c1. The zero-order valence-electron chi connectivity index (χ0n) is 12.6. The van der Waals surface area contributed by atoms with Crippen molar-refractivity contribution in [1.29, 1.82) is 0 Å². The summed E-state index contributed by atoms with van der Waals surface area (Å²) in [7, 11) is -1.88. The van der Waals surface area contributed by atoms with E-state index in [0.717, 1.165) is 29.8 Å². The molecule has 0 bridgehead atoms. The number of benzene rings is 1. The van der Waals surface area contributed by atoms with Gasteiger partial charge in [-0.05, 0) is 50.1 Å². The summed E-state index contributed by atoms with van der Waals surface area (Å²) in [5.41, 5.74) is 1.63. The molecule has 0 saturated carbocycles. The first-order valence-electron chi connectivity index (χ1n) is 6.78. The van der Waals surface area contributed by atoms with Crippen molar-refractivity contribution in [2.24, 2.45) is 0 Å². The number of ether oxygens (including phenoxy) is 1. The number of nitrogens with one attached hydrogen (secondary N) is 2. The Hall–Kier alpha value is -1.11. The molecule has 0 saturated heterocycles. The molecule has 6 heteroatoms. The maximum Gasteiger partial charge on any atom is 0.240 e. The first-order chi connectivity index (χ1) is 9.42. The normalized spacial score (nSPS) is 11.6. The zero-order chi connectivity index (χ0) is 15.2. The Bertz CT molecular complexity index is 518. The summed E-state index contributed by atoms with van der Waals surface area (Å²) >= 11 is 0. The maximum absolute atomic E-state index is 12.2. The molecular weight excluding hydrogens is 276 g/mol. The van der Waals surface area contributed by atoms with Crippen LogP contribution in [0.15, 0.2) is 17.0 Å². The summed E-state index contributed by atoms with van der Waals surface area (Å²) in [4.78, 5) is 0.281. The fourth-order valence-corrected chi connectivity index (χ4v) is 3.25. The molecule has 0 spiro atoms. The minimum absolute atomic E-state index is 0.281. The fourth-order valence-electron chi connectivity index (χ4n) is 2.05. The first kappa shape index (κ1) is 16.9. The smallest absolute Gasteiger partial charge is 0.240 e. The lowest BCUT2D eigenvalue weighted by atomic mass is 10.1. The molecule has 0 heterocycles. The highest BCUT2D eigenvalue weighted by Gasteiger charge is 2.16. The predicted molar refractivity (Wildman–Crippen MR) is 80.8 cm³/mol. The quantitative estimate of drug-likeness (QED) is 0.716. The van der Waals surface area contributed by atoms with Crippen LogP contribution in [-0.2, 0) is 10.0 Å². The van der Waals surface area contributed by atoms with E-state index < -0.39 is 10.0 Å². The van der Waals surface area contributed by atoms with Crippen LogP contribution < -0.4 is 14.8 Å². The average Bonchev–Trinajstić information content (AvgIpc) is 2.38. The van der Waals surface area contributed by atoms with Gasteiger partial charge in [-0.15, -0.1) is 0 Å². The molecular formula is C14H24N2O3S. The van der Waals surface area contributed by atoms with E-state index in [2.05, 4.69) is 17.0 Å². The van der Waals surface area contributed by atoms with Gasteiger partial charge in [-0.1, -0.05) is 6.92 Å². The summed E-state index contributed by atoms with van der Waals surface area (Å²) in [5, 5.41) is 3.15. The number of hydrogen-bond acceptors (Lipinski definition) is 4. The summed E-state index contributed by atoms with van der Waals surface area (Å²) in [6, 6.07) is 3.27. The van der Waals surface area contributed by atoms with Crippen molar-refractivity contribution >= 4 is 10.0 Å². The van der Waals surface area contributed by atoms with Gasteiger partial charge in [0, 0.05) is 13.1 Å². The van der Waals surface area contributed by atoms with Crippen molar-refractivity contribution < 1.29 is 13.2 Å². The van der Waals surface area contributed by atoms with Crippen LogP contribution in [0.1, 0.15) is 24.5 Å². The molecule has 0 aliphatic heterocycles. The molecule has 0 atom stereocenters. The molecule has 0 aromatic heterocycles. The topological polar surface area (TPSA) is 67.4 Å². The molecule has 114 valence electrons. The van der Waals surface area contributed by atoms with Crippen molar-refractivity contribution in [2.45, 2.75) is 32.1 Å². The van der Waals surface area contributed by atoms with Crippen LogP contribution in [0.2, 0.25) is 0 Å². The van der Waals surface area contributed by atoms with E-state index in [1.807, 2.05) is 13.8 Å². The molecule has 0 aliphatic rings. The van der Waals surface area contributed by atoms with Crippen LogP contribution in [0.5, 0.6) is 5.75 Å². The largest absolute Gasteiger partial charge is 0.496 e. The molecule has 0 radical (unpaired) electrons. The van der Waals surface area contributed by atoms with Crippen molar-refractivity contribution in [3.8, 4) is 5.75 Å². The van der Waals surface area contributed by atoms with Crippen LogP contribution in [0.25, 0.3) is 0 Å². The molecule has 5 nitrogen and oxygen atoms in total. The first-order valence-corrected chi connectivity index (χ1v) is 8.26. The van der Waals surface area contributed by atoms with E-state index >= 15 is 0 Å². The molecule has 0 unspecified atom stereocenters. The Morgan fingerprint density at radius 2 is 1.70 bits per heavy atom. The van der Waals surface area contributed by atoms with Gasteiger partial charge in [0.25, 0.3) is 0 Å². The number of rotatable bonds is 8. The van der Waals surface area contributed by atoms with Gasteiger partial charge in [-0.25, -0.2) is 13.1 Å². The fraction of sp³-hybridized carbons (Fsp3) is 0.571. The molecule has 1 aromatic rings. The summed E-state index contributed by atoms with van der Waals surface area (Å²) in [5.74, 6) is 0.730. The van der Waals surface area contributed by atoms with Gasteiger partial charge in [0.15, 0.2) is 0 Å². The Kier molecular flexibility index (Phi) is 6.45. The third-order valence-corrected chi connectivity index (χ3v) is 4.41. The van der Waals surface area contributed by atoms with Crippen LogP contribution in [0, 0.1) is 13.8 Å². The highest BCUT2D eigenvalue weighted by molar-refractivity contribution is 7.89. The van der Waals surface area contributed by atoms with Crippen molar-refractivity contribution in [3.05, 3.63) is 23.3 Å². The summed E-state index contributed by atoms with van der Waals surface area (Å²) in [6.45, 7) is 7.65. The highest BCUT2D eigenvalue weighted by Crippen LogP contribution is 2.26. The van der Waals surface area contributed by atoms with Crippen LogP contribution >= 0.6 is 0 Å². The maximum atomic E-state index is 12.2. The van der Waals surface area contributed by atoms with Crippen LogP contribution in [0.4, 0.5) is 0 Å². The molecule has 0 aliphatic carbocycles. The zero-order valence-corrected chi connectivity index (χ0v) is 13.4. The van der Waals surface area contributed by atoms with E-state index in [4.69, 9.17) is 4.74 Å². The van der Waals surface area contributed by atoms with E-state index in [-0.39, 0.29) is 4.90 Å². The number of aryl methyl sites for hydroxylation is 2. The minimum Gasteiger partial charge on any atom is -0.496 e. The second-order valence-corrected chi connectivity index (χ2v) is 6.51. The van der Waals surface area contributed by atoms with E-state index in [1.54, 1.807) is 19.2 Å². The Balaban J connectivity index is 2.78. The third-order valence-electron chi connectivity index (χ3n) is 2.97. The number of hydrogen-bond donors (Lipinski definition) is 2. The second kappa shape index (κ2) is 7.61. The van der Waals surface area contributed by atoms with Gasteiger partial charge in [0.2, 0.25) is 10.0 Å². The Labute approximate surface area is 121 Å². The van der Waals surface area contributed by atoms with Crippen molar-refractivity contribution in [3.63, 3.8) is 0 Å². The van der Waals surface area contributed by atoms with Crippen molar-refractivity contribution in [1.82, 2.24) is 10.0 Å². The van der Waals surface area contributed by atoms with Crippen molar-refractivity contribution in [2.75, 3.05) is 26.7 Å². The molecule has 1 rings (SSSR count). The van der Waals surface area contributed by atoms with Crippen LogP contribution in [-0.4, -0.2) is 35.2 Å². The Morgan fingerprint density at radius 3 is 2.20 bits per heavy atom. The molecule has 2 N–H and O–H groups in total. The second-order valence-electron chi connectivity index (χ2n) is 4.74. The minimum atomic E-state index is -3.46. The average molecular weight is 300 g/mol. The van der Waals surface area contributed by atoms with Gasteiger partial charge in [0.1, 0.15) is 5.75 Å². The van der Waals surface area contributed by atoms with Gasteiger partial charge in [-0.2, -0.15) is 0 Å². The van der Waals surface area contributed by atoms with Gasteiger partial charge >= 0.3 is 0 Å². The monoisotopic (exact) mass is 300 g/mol. The summed E-state index contributed by atoms with van der Waals surface area (Å²) < 4.78 is 32.2. The van der Waals surface area contributed by atoms with Gasteiger partial charge < -0.3 is 10.1 Å². The molecule has 20 heavy (non-hydrogen) atoms.